The minimum absolute atomic E-state index is 0.0894. The molecule has 0 bridgehead atoms. The first-order valence-corrected chi connectivity index (χ1v) is 14.8. The number of hydrogen-bond donors (Lipinski definition) is 0. The van der Waals surface area contributed by atoms with Gasteiger partial charge in [0, 0.05) is 5.69 Å². The summed E-state index contributed by atoms with van der Waals surface area (Å²) in [4.78, 5) is 18.9. The predicted octanol–water partition coefficient (Wildman–Crippen LogP) is 8.17. The summed E-state index contributed by atoms with van der Waals surface area (Å²) in [5.41, 5.74) is 6.78. The summed E-state index contributed by atoms with van der Waals surface area (Å²) in [5, 5.41) is 37.7. The topological polar surface area (TPSA) is 150 Å². The maximum atomic E-state index is 9.53. The Morgan fingerprint density at radius 1 is 0.417 bits per heavy atom. The number of aromatic nitrogens is 4. The lowest BCUT2D eigenvalue weighted by molar-refractivity contribution is 0.985. The summed E-state index contributed by atoms with van der Waals surface area (Å²) in [5.74, 6) is 0.498. The molecule has 0 aliphatic rings. The molecule has 9 heteroatoms. The van der Waals surface area contributed by atoms with Crippen LogP contribution in [0.1, 0.15) is 39.7 Å². The van der Waals surface area contributed by atoms with Gasteiger partial charge in [0.05, 0.1) is 11.4 Å². The molecule has 48 heavy (non-hydrogen) atoms. The minimum atomic E-state index is -0.140. The van der Waals surface area contributed by atoms with E-state index in [9.17, 15) is 21.0 Å². The van der Waals surface area contributed by atoms with Crippen molar-refractivity contribution < 1.29 is 0 Å². The van der Waals surface area contributed by atoms with E-state index in [4.69, 9.17) is 0 Å². The quantitative estimate of drug-likeness (QED) is 0.186. The van der Waals surface area contributed by atoms with E-state index in [1.54, 1.807) is 18.7 Å². The lowest BCUT2D eigenvalue weighted by atomic mass is 10.0. The van der Waals surface area contributed by atoms with Crippen molar-refractivity contribution in [2.75, 3.05) is 4.90 Å². The van der Waals surface area contributed by atoms with E-state index >= 15 is 0 Å². The first-order valence-electron chi connectivity index (χ1n) is 14.8. The molecule has 2 aromatic heterocycles. The Balaban J connectivity index is 0.000000288. The second-order valence-corrected chi connectivity index (χ2v) is 10.6. The van der Waals surface area contributed by atoms with Gasteiger partial charge >= 0.3 is 0 Å². The van der Waals surface area contributed by atoms with Gasteiger partial charge in [-0.2, -0.15) is 21.0 Å². The standard InChI is InChI=1S/C26H15N9.C13H12/c1-16-25(33-23(14-29)21(12-27)31-16)35(26-17(2)32-22(13-28)24(15-30)34-26)20-10-8-19(9-11-20)18-6-4-3-5-7-18;1-11-7-9-13(10-8-11)12-5-3-2-4-6-12/h3-11H,1-2H3;2-10H,1H3. The SMILES string of the molecule is Cc1ccc(-c2ccccc2)cc1.Cc1nc(C#N)c(C#N)nc1N(c1ccc(-c2ccccc2)cc1)c1nc(C#N)c(C#N)nc1C. The first kappa shape index (κ1) is 32.2. The average Bonchev–Trinajstić information content (AvgIpc) is 3.14. The van der Waals surface area contributed by atoms with Gasteiger partial charge in [0.2, 0.25) is 0 Å². The minimum Gasteiger partial charge on any atom is -0.276 e. The van der Waals surface area contributed by atoms with Crippen LogP contribution in [-0.4, -0.2) is 19.9 Å². The van der Waals surface area contributed by atoms with E-state index in [0.717, 1.165) is 11.1 Å². The van der Waals surface area contributed by atoms with Crippen molar-refractivity contribution in [3.63, 3.8) is 0 Å². The molecule has 0 aliphatic heterocycles. The Kier molecular flexibility index (Phi) is 9.87. The van der Waals surface area contributed by atoms with E-state index in [-0.39, 0.29) is 34.4 Å². The van der Waals surface area contributed by atoms with Crippen LogP contribution in [-0.2, 0) is 0 Å². The molecule has 0 saturated carbocycles. The van der Waals surface area contributed by atoms with Crippen LogP contribution in [0.25, 0.3) is 22.3 Å². The second-order valence-electron chi connectivity index (χ2n) is 10.6. The van der Waals surface area contributed by atoms with Crippen LogP contribution < -0.4 is 4.90 Å². The molecule has 0 aliphatic carbocycles. The van der Waals surface area contributed by atoms with Gasteiger partial charge in [-0.05, 0) is 55.2 Å². The van der Waals surface area contributed by atoms with Crippen LogP contribution in [0, 0.1) is 66.1 Å². The van der Waals surface area contributed by atoms with Gasteiger partial charge in [0.1, 0.15) is 24.3 Å². The summed E-state index contributed by atoms with van der Waals surface area (Å²) in [7, 11) is 0. The van der Waals surface area contributed by atoms with E-state index in [1.165, 1.54) is 16.7 Å². The molecule has 2 heterocycles. The van der Waals surface area contributed by atoms with Gasteiger partial charge in [-0.3, -0.25) is 4.90 Å². The van der Waals surface area contributed by atoms with Crippen LogP contribution in [0.15, 0.2) is 109 Å². The van der Waals surface area contributed by atoms with Crippen molar-refractivity contribution in [2.45, 2.75) is 20.8 Å². The number of rotatable bonds is 5. The fraction of sp³-hybridized carbons (Fsp3) is 0.0769. The lowest BCUT2D eigenvalue weighted by Gasteiger charge is -2.25. The van der Waals surface area contributed by atoms with Crippen LogP contribution in [0.5, 0.6) is 0 Å². The molecule has 6 rings (SSSR count). The lowest BCUT2D eigenvalue weighted by Crippen LogP contribution is -2.19. The van der Waals surface area contributed by atoms with Gasteiger partial charge in [-0.1, -0.05) is 103 Å². The molecule has 0 N–H and O–H groups in total. The maximum Gasteiger partial charge on any atom is 0.179 e. The van der Waals surface area contributed by atoms with Crippen molar-refractivity contribution in [3.05, 3.63) is 149 Å². The number of aryl methyl sites for hydroxylation is 3. The molecule has 6 aromatic rings. The summed E-state index contributed by atoms with van der Waals surface area (Å²) in [6.07, 6.45) is 0. The Labute approximate surface area is 278 Å². The largest absolute Gasteiger partial charge is 0.276 e. The normalized spacial score (nSPS) is 9.90. The van der Waals surface area contributed by atoms with Crippen molar-refractivity contribution >= 4 is 17.3 Å². The Bertz CT molecular complexity index is 2160. The Morgan fingerprint density at radius 2 is 0.750 bits per heavy atom. The highest BCUT2D eigenvalue weighted by molar-refractivity contribution is 5.77. The Morgan fingerprint density at radius 3 is 1.12 bits per heavy atom. The molecule has 4 aromatic carbocycles. The summed E-state index contributed by atoms with van der Waals surface area (Å²) in [6, 6.07) is 44.0. The summed E-state index contributed by atoms with van der Waals surface area (Å²) < 4.78 is 0. The predicted molar refractivity (Wildman–Crippen MR) is 183 cm³/mol. The van der Waals surface area contributed by atoms with Crippen molar-refractivity contribution in [1.82, 2.24) is 19.9 Å². The van der Waals surface area contributed by atoms with Gasteiger partial charge in [-0.25, -0.2) is 19.9 Å². The third kappa shape index (κ3) is 7.03. The molecule has 0 fully saturated rings. The third-order valence-corrected chi connectivity index (χ3v) is 7.33. The molecular formula is C39H27N9. The fourth-order valence-corrected chi connectivity index (χ4v) is 4.91. The van der Waals surface area contributed by atoms with Crippen molar-refractivity contribution in [1.29, 1.82) is 21.0 Å². The van der Waals surface area contributed by atoms with Gasteiger partial charge < -0.3 is 0 Å². The third-order valence-electron chi connectivity index (χ3n) is 7.33. The zero-order valence-electron chi connectivity index (χ0n) is 26.4. The molecule has 0 saturated heterocycles. The van der Waals surface area contributed by atoms with Crippen LogP contribution in [0.4, 0.5) is 17.3 Å². The van der Waals surface area contributed by atoms with E-state index in [2.05, 4.69) is 75.4 Å². The molecule has 0 unspecified atom stereocenters. The number of hydrogen-bond acceptors (Lipinski definition) is 9. The molecular weight excluding hydrogens is 594 g/mol. The van der Waals surface area contributed by atoms with Crippen molar-refractivity contribution in [2.24, 2.45) is 0 Å². The number of anilines is 3. The number of nitrogens with zero attached hydrogens (tertiary/aromatic N) is 9. The molecule has 0 radical (unpaired) electrons. The van der Waals surface area contributed by atoms with E-state index in [0.29, 0.717) is 17.1 Å². The van der Waals surface area contributed by atoms with Gasteiger partial charge in [0.15, 0.2) is 34.4 Å². The highest BCUT2D eigenvalue weighted by atomic mass is 15.3. The highest BCUT2D eigenvalue weighted by Crippen LogP contribution is 2.36. The van der Waals surface area contributed by atoms with E-state index < -0.39 is 0 Å². The first-order chi connectivity index (χ1) is 23.4. The second kappa shape index (κ2) is 14.7. The molecule has 228 valence electrons. The van der Waals surface area contributed by atoms with E-state index in [1.807, 2.05) is 84.9 Å². The fourth-order valence-electron chi connectivity index (χ4n) is 4.91. The van der Waals surface area contributed by atoms with Crippen LogP contribution in [0.2, 0.25) is 0 Å². The zero-order valence-corrected chi connectivity index (χ0v) is 26.4. The van der Waals surface area contributed by atoms with Crippen LogP contribution in [0.3, 0.4) is 0 Å². The molecule has 0 atom stereocenters. The van der Waals surface area contributed by atoms with Crippen molar-refractivity contribution in [3.8, 4) is 46.5 Å². The summed E-state index contributed by atoms with van der Waals surface area (Å²) >= 11 is 0. The average molecular weight is 622 g/mol. The van der Waals surface area contributed by atoms with Crippen LogP contribution >= 0.6 is 0 Å². The number of nitriles is 4. The monoisotopic (exact) mass is 621 g/mol. The molecule has 0 amide bonds. The highest BCUT2D eigenvalue weighted by Gasteiger charge is 2.25. The molecule has 0 spiro atoms. The van der Waals surface area contributed by atoms with Gasteiger partial charge in [-0.15, -0.1) is 0 Å². The summed E-state index contributed by atoms with van der Waals surface area (Å²) in [6.45, 7) is 5.43. The molecule has 9 nitrogen and oxygen atoms in total. The van der Waals surface area contributed by atoms with Gasteiger partial charge in [0.25, 0.3) is 0 Å². The maximum absolute atomic E-state index is 9.53. The smallest absolute Gasteiger partial charge is 0.179 e. The Hall–Kier alpha value is -7.20. The zero-order chi connectivity index (χ0) is 34.0. The number of benzene rings is 4.